The van der Waals surface area contributed by atoms with E-state index in [0.717, 1.165) is 31.5 Å². The van der Waals surface area contributed by atoms with Crippen LogP contribution in [0.15, 0.2) is 12.1 Å². The first-order valence-electron chi connectivity index (χ1n) is 6.81. The maximum atomic E-state index is 13.8. The number of benzene rings is 1. The topological polar surface area (TPSA) is 52.6 Å². The van der Waals surface area contributed by atoms with Crippen LogP contribution in [0.5, 0.6) is 0 Å². The van der Waals surface area contributed by atoms with Crippen LogP contribution in [0.1, 0.15) is 23.2 Å². The zero-order valence-corrected chi connectivity index (χ0v) is 12.2. The minimum atomic E-state index is -0.867. The van der Waals surface area contributed by atoms with E-state index in [-0.39, 0.29) is 29.8 Å². The van der Waals surface area contributed by atoms with E-state index in [1.54, 1.807) is 0 Å². The van der Waals surface area contributed by atoms with E-state index in [4.69, 9.17) is 16.7 Å². The number of nitrogens with zero attached hydrogens (tertiary/aromatic N) is 1. The molecule has 2 rings (SSSR count). The van der Waals surface area contributed by atoms with Gasteiger partial charge in [0, 0.05) is 19.1 Å². The number of halogens is 3. The second kappa shape index (κ2) is 7.15. The smallest absolute Gasteiger partial charge is 0.257 e. The number of amides is 1. The highest BCUT2D eigenvalue weighted by atomic mass is 35.5. The normalized spacial score (nSPS) is 18.0. The van der Waals surface area contributed by atoms with E-state index in [2.05, 4.69) is 5.32 Å². The fourth-order valence-electron chi connectivity index (χ4n) is 2.43. The number of carbonyl (C=O) groups is 1. The Kier molecular flexibility index (Phi) is 5.50. The molecule has 0 radical (unpaired) electrons. The molecule has 1 aromatic rings. The Morgan fingerprint density at radius 1 is 1.43 bits per heavy atom. The summed E-state index contributed by atoms with van der Waals surface area (Å²) in [5, 5.41) is 11.9. The van der Waals surface area contributed by atoms with Crippen molar-refractivity contribution in [1.82, 2.24) is 10.2 Å². The van der Waals surface area contributed by atoms with E-state index >= 15 is 0 Å². The standard InChI is InChI=1S/C14H17ClF2N2O2/c15-11-7-12(16)10(6-13(11)17)14(21)19(4-5-20)8-9-2-1-3-18-9/h6-7,9,18,20H,1-5,8H2. The van der Waals surface area contributed by atoms with Gasteiger partial charge in [0.1, 0.15) is 11.6 Å². The van der Waals surface area contributed by atoms with Crippen molar-refractivity contribution < 1.29 is 18.7 Å². The second-order valence-corrected chi connectivity index (χ2v) is 5.42. The highest BCUT2D eigenvalue weighted by Gasteiger charge is 2.25. The van der Waals surface area contributed by atoms with Gasteiger partial charge in [-0.2, -0.15) is 0 Å². The van der Waals surface area contributed by atoms with Gasteiger partial charge in [0.15, 0.2) is 0 Å². The summed E-state index contributed by atoms with van der Waals surface area (Å²) in [4.78, 5) is 13.7. The lowest BCUT2D eigenvalue weighted by Crippen LogP contribution is -2.42. The summed E-state index contributed by atoms with van der Waals surface area (Å²) in [5.74, 6) is -2.36. The van der Waals surface area contributed by atoms with Gasteiger partial charge in [0.25, 0.3) is 5.91 Å². The molecule has 1 aliphatic heterocycles. The lowest BCUT2D eigenvalue weighted by molar-refractivity contribution is 0.0701. The van der Waals surface area contributed by atoms with Gasteiger partial charge in [-0.15, -0.1) is 0 Å². The van der Waals surface area contributed by atoms with Gasteiger partial charge in [-0.25, -0.2) is 8.78 Å². The first-order chi connectivity index (χ1) is 10.0. The Labute approximate surface area is 126 Å². The van der Waals surface area contributed by atoms with Crippen LogP contribution < -0.4 is 5.32 Å². The molecular weight excluding hydrogens is 302 g/mol. The van der Waals surface area contributed by atoms with Crippen molar-refractivity contribution in [3.63, 3.8) is 0 Å². The van der Waals surface area contributed by atoms with Gasteiger partial charge in [-0.05, 0) is 31.5 Å². The molecule has 0 bridgehead atoms. The van der Waals surface area contributed by atoms with Gasteiger partial charge in [-0.3, -0.25) is 4.79 Å². The van der Waals surface area contributed by atoms with E-state index in [0.29, 0.717) is 6.54 Å². The molecule has 1 amide bonds. The average Bonchev–Trinajstić information content (AvgIpc) is 2.94. The van der Waals surface area contributed by atoms with Crippen molar-refractivity contribution in [2.45, 2.75) is 18.9 Å². The SMILES string of the molecule is O=C(c1cc(F)c(Cl)cc1F)N(CCO)CC1CCCN1. The third kappa shape index (κ3) is 3.90. The van der Waals surface area contributed by atoms with E-state index < -0.39 is 17.5 Å². The quantitative estimate of drug-likeness (QED) is 0.814. The molecule has 1 heterocycles. The largest absolute Gasteiger partial charge is 0.395 e. The number of hydrogen-bond donors (Lipinski definition) is 2. The van der Waals surface area contributed by atoms with Crippen LogP contribution in [0.25, 0.3) is 0 Å². The molecule has 0 spiro atoms. The number of aliphatic hydroxyl groups is 1. The third-order valence-electron chi connectivity index (χ3n) is 3.50. The Bertz CT molecular complexity index is 522. The molecule has 1 unspecified atom stereocenters. The molecule has 0 aliphatic carbocycles. The average molecular weight is 319 g/mol. The number of nitrogens with one attached hydrogen (secondary N) is 1. The highest BCUT2D eigenvalue weighted by Crippen LogP contribution is 2.21. The lowest BCUT2D eigenvalue weighted by Gasteiger charge is -2.25. The molecule has 21 heavy (non-hydrogen) atoms. The Morgan fingerprint density at radius 2 is 2.19 bits per heavy atom. The van der Waals surface area contributed by atoms with Crippen molar-refractivity contribution in [2.75, 3.05) is 26.2 Å². The zero-order chi connectivity index (χ0) is 15.4. The zero-order valence-electron chi connectivity index (χ0n) is 11.4. The summed E-state index contributed by atoms with van der Waals surface area (Å²) in [6.45, 7) is 1.05. The second-order valence-electron chi connectivity index (χ2n) is 5.01. The summed E-state index contributed by atoms with van der Waals surface area (Å²) in [5.41, 5.74) is -0.372. The van der Waals surface area contributed by atoms with E-state index in [1.165, 1.54) is 4.90 Å². The Balaban J connectivity index is 2.19. The number of aliphatic hydroxyl groups excluding tert-OH is 1. The molecule has 0 saturated carbocycles. The molecule has 1 aliphatic rings. The molecule has 7 heteroatoms. The third-order valence-corrected chi connectivity index (χ3v) is 3.79. The fourth-order valence-corrected chi connectivity index (χ4v) is 2.58. The fraction of sp³-hybridized carbons (Fsp3) is 0.500. The number of hydrogen-bond acceptors (Lipinski definition) is 3. The molecule has 1 saturated heterocycles. The maximum absolute atomic E-state index is 13.8. The molecule has 0 aromatic heterocycles. The summed E-state index contributed by atoms with van der Waals surface area (Å²) in [6.07, 6.45) is 1.92. The van der Waals surface area contributed by atoms with Gasteiger partial charge in [0.05, 0.1) is 17.2 Å². The summed E-state index contributed by atoms with van der Waals surface area (Å²) in [6, 6.07) is 1.70. The number of carbonyl (C=O) groups excluding carboxylic acids is 1. The van der Waals surface area contributed by atoms with Crippen molar-refractivity contribution in [2.24, 2.45) is 0 Å². The predicted octanol–water partition coefficient (Wildman–Crippen LogP) is 1.80. The molecule has 116 valence electrons. The van der Waals surface area contributed by atoms with Crippen LogP contribution in [0, 0.1) is 11.6 Å². The molecule has 2 N–H and O–H groups in total. The minimum absolute atomic E-state index is 0.0701. The van der Waals surface area contributed by atoms with Gasteiger partial charge in [-0.1, -0.05) is 11.6 Å². The molecular formula is C14H17ClF2N2O2. The Morgan fingerprint density at radius 3 is 2.81 bits per heavy atom. The van der Waals surface area contributed by atoms with Crippen LogP contribution in [-0.2, 0) is 0 Å². The van der Waals surface area contributed by atoms with Crippen molar-refractivity contribution in [3.05, 3.63) is 34.4 Å². The number of rotatable bonds is 5. The first-order valence-corrected chi connectivity index (χ1v) is 7.18. The van der Waals surface area contributed by atoms with Crippen molar-refractivity contribution in [1.29, 1.82) is 0 Å². The predicted molar refractivity (Wildman–Crippen MR) is 75.4 cm³/mol. The van der Waals surface area contributed by atoms with E-state index in [1.807, 2.05) is 0 Å². The van der Waals surface area contributed by atoms with Crippen LogP contribution in [-0.4, -0.2) is 48.2 Å². The van der Waals surface area contributed by atoms with E-state index in [9.17, 15) is 13.6 Å². The highest BCUT2D eigenvalue weighted by molar-refractivity contribution is 6.30. The van der Waals surface area contributed by atoms with Crippen LogP contribution in [0.2, 0.25) is 5.02 Å². The summed E-state index contributed by atoms with van der Waals surface area (Å²) in [7, 11) is 0. The van der Waals surface area contributed by atoms with Crippen molar-refractivity contribution in [3.8, 4) is 0 Å². The first kappa shape index (κ1) is 16.1. The van der Waals surface area contributed by atoms with Gasteiger partial charge in [0.2, 0.25) is 0 Å². The van der Waals surface area contributed by atoms with Crippen LogP contribution in [0.3, 0.4) is 0 Å². The monoisotopic (exact) mass is 318 g/mol. The molecule has 1 atom stereocenters. The van der Waals surface area contributed by atoms with Crippen molar-refractivity contribution >= 4 is 17.5 Å². The van der Waals surface area contributed by atoms with Crippen LogP contribution >= 0.6 is 11.6 Å². The summed E-state index contributed by atoms with van der Waals surface area (Å²) >= 11 is 5.48. The maximum Gasteiger partial charge on any atom is 0.257 e. The lowest BCUT2D eigenvalue weighted by atomic mass is 10.1. The molecule has 1 aromatic carbocycles. The summed E-state index contributed by atoms with van der Waals surface area (Å²) < 4.78 is 27.3. The molecule has 4 nitrogen and oxygen atoms in total. The van der Waals surface area contributed by atoms with Crippen LogP contribution in [0.4, 0.5) is 8.78 Å². The minimum Gasteiger partial charge on any atom is -0.395 e. The van der Waals surface area contributed by atoms with Gasteiger partial charge >= 0.3 is 0 Å². The molecule has 1 fully saturated rings. The van der Waals surface area contributed by atoms with Gasteiger partial charge < -0.3 is 15.3 Å². The Hall–Kier alpha value is -1.24.